The van der Waals surface area contributed by atoms with Crippen molar-refractivity contribution in [3.05, 3.63) is 46.2 Å². The highest BCUT2D eigenvalue weighted by molar-refractivity contribution is 7.10. The Morgan fingerprint density at radius 2 is 2.07 bits per heavy atom. The molecule has 1 aromatic heterocycles. The van der Waals surface area contributed by atoms with E-state index in [1.165, 1.54) is 5.01 Å². The molecule has 1 aromatic carbocycles. The fraction of sp³-hybridized carbons (Fsp3) is 0.316. The molecule has 7 nitrogen and oxygen atoms in total. The number of amides is 1. The van der Waals surface area contributed by atoms with E-state index in [9.17, 15) is 9.59 Å². The number of thiophene rings is 1. The van der Waals surface area contributed by atoms with Gasteiger partial charge in [-0.05, 0) is 29.6 Å². The van der Waals surface area contributed by atoms with Gasteiger partial charge in [0, 0.05) is 23.3 Å². The van der Waals surface area contributed by atoms with E-state index in [0.717, 1.165) is 10.4 Å². The molecule has 1 amide bonds. The zero-order valence-corrected chi connectivity index (χ0v) is 15.9. The molecule has 0 bridgehead atoms. The van der Waals surface area contributed by atoms with Crippen LogP contribution in [-0.2, 0) is 9.59 Å². The van der Waals surface area contributed by atoms with Gasteiger partial charge in [0.15, 0.2) is 0 Å². The Kier molecular flexibility index (Phi) is 5.75. The van der Waals surface area contributed by atoms with Gasteiger partial charge in [0.2, 0.25) is 5.91 Å². The van der Waals surface area contributed by atoms with E-state index in [1.807, 2.05) is 23.6 Å². The monoisotopic (exact) mass is 388 g/mol. The Morgan fingerprint density at radius 1 is 1.26 bits per heavy atom. The van der Waals surface area contributed by atoms with Crippen LogP contribution >= 0.6 is 11.3 Å². The first-order valence-corrected chi connectivity index (χ1v) is 9.28. The molecule has 1 N–H and O–H groups in total. The van der Waals surface area contributed by atoms with E-state index in [4.69, 9.17) is 14.6 Å². The van der Waals surface area contributed by atoms with Crippen LogP contribution in [0, 0.1) is 0 Å². The SMILES string of the molecule is COc1ccc(OC)c(C2=NN(C(=O)CCC(=O)O)[C@H](c3cccs3)C2)c1. The first-order chi connectivity index (χ1) is 13.0. The Balaban J connectivity index is 1.95. The van der Waals surface area contributed by atoms with Crippen molar-refractivity contribution in [2.24, 2.45) is 5.10 Å². The predicted molar refractivity (Wildman–Crippen MR) is 101 cm³/mol. The fourth-order valence-electron chi connectivity index (χ4n) is 2.97. The zero-order chi connectivity index (χ0) is 19.4. The number of aliphatic carboxylic acids is 1. The van der Waals surface area contributed by atoms with Crippen molar-refractivity contribution in [3.63, 3.8) is 0 Å². The van der Waals surface area contributed by atoms with E-state index in [2.05, 4.69) is 5.10 Å². The third-order valence-electron chi connectivity index (χ3n) is 4.31. The number of nitrogens with zero attached hydrogens (tertiary/aromatic N) is 2. The quantitative estimate of drug-likeness (QED) is 0.786. The van der Waals surface area contributed by atoms with E-state index in [1.54, 1.807) is 37.7 Å². The first kappa shape index (κ1) is 18.9. The molecule has 0 saturated heterocycles. The molecule has 1 aliphatic rings. The van der Waals surface area contributed by atoms with Gasteiger partial charge in [0.25, 0.3) is 0 Å². The van der Waals surface area contributed by atoms with E-state index in [0.29, 0.717) is 23.6 Å². The number of carbonyl (C=O) groups excluding carboxylic acids is 1. The summed E-state index contributed by atoms with van der Waals surface area (Å²) in [7, 11) is 3.16. The molecule has 0 saturated carbocycles. The number of ether oxygens (including phenoxy) is 2. The normalized spacial score (nSPS) is 16.1. The van der Waals surface area contributed by atoms with Gasteiger partial charge in [0.1, 0.15) is 11.5 Å². The highest BCUT2D eigenvalue weighted by Gasteiger charge is 2.34. The summed E-state index contributed by atoms with van der Waals surface area (Å²) in [6.45, 7) is 0. The summed E-state index contributed by atoms with van der Waals surface area (Å²) < 4.78 is 10.7. The molecule has 27 heavy (non-hydrogen) atoms. The molecule has 0 unspecified atom stereocenters. The average molecular weight is 388 g/mol. The second-order valence-corrected chi connectivity index (χ2v) is 6.96. The molecule has 8 heteroatoms. The lowest BCUT2D eigenvalue weighted by molar-refractivity contribution is -0.141. The van der Waals surface area contributed by atoms with Crippen LogP contribution in [0.4, 0.5) is 0 Å². The van der Waals surface area contributed by atoms with Crippen LogP contribution in [0.25, 0.3) is 0 Å². The third kappa shape index (κ3) is 4.11. The smallest absolute Gasteiger partial charge is 0.303 e. The van der Waals surface area contributed by atoms with Gasteiger partial charge in [-0.2, -0.15) is 5.10 Å². The van der Waals surface area contributed by atoms with Crippen LogP contribution in [0.5, 0.6) is 11.5 Å². The molecule has 2 heterocycles. The summed E-state index contributed by atoms with van der Waals surface area (Å²) in [6, 6.07) is 9.04. The molecule has 0 fully saturated rings. The average Bonchev–Trinajstić information content (AvgIpc) is 3.34. The number of rotatable bonds is 7. The molecule has 2 aromatic rings. The van der Waals surface area contributed by atoms with Crippen molar-refractivity contribution in [2.45, 2.75) is 25.3 Å². The second-order valence-electron chi connectivity index (χ2n) is 5.98. The van der Waals surface area contributed by atoms with Gasteiger partial charge in [-0.1, -0.05) is 6.07 Å². The maximum absolute atomic E-state index is 12.6. The molecular weight excluding hydrogens is 368 g/mol. The molecular formula is C19H20N2O5S. The summed E-state index contributed by atoms with van der Waals surface area (Å²) in [5.41, 5.74) is 1.46. The summed E-state index contributed by atoms with van der Waals surface area (Å²) >= 11 is 1.54. The van der Waals surface area contributed by atoms with Gasteiger partial charge in [-0.3, -0.25) is 9.59 Å². The van der Waals surface area contributed by atoms with Crippen molar-refractivity contribution in [1.29, 1.82) is 0 Å². The Morgan fingerprint density at radius 3 is 2.70 bits per heavy atom. The van der Waals surface area contributed by atoms with Crippen LogP contribution < -0.4 is 9.47 Å². The van der Waals surface area contributed by atoms with Crippen molar-refractivity contribution in [2.75, 3.05) is 14.2 Å². The second kappa shape index (κ2) is 8.22. The topological polar surface area (TPSA) is 88.4 Å². The number of hydrogen-bond acceptors (Lipinski definition) is 6. The largest absolute Gasteiger partial charge is 0.497 e. The molecule has 142 valence electrons. The Bertz CT molecular complexity index is 863. The number of hydrazone groups is 1. The van der Waals surface area contributed by atoms with Gasteiger partial charge >= 0.3 is 5.97 Å². The first-order valence-electron chi connectivity index (χ1n) is 8.40. The van der Waals surface area contributed by atoms with Crippen molar-refractivity contribution in [1.82, 2.24) is 5.01 Å². The number of carbonyl (C=O) groups is 2. The fourth-order valence-corrected chi connectivity index (χ4v) is 3.79. The minimum Gasteiger partial charge on any atom is -0.497 e. The standard InChI is InChI=1S/C19H20N2O5S/c1-25-12-5-6-16(26-2)13(10-12)14-11-15(17-4-3-9-27-17)21(20-14)18(22)7-8-19(23)24/h3-6,9-10,15H,7-8,11H2,1-2H3,(H,23,24)/t15-/m0/s1. The highest BCUT2D eigenvalue weighted by Crippen LogP contribution is 2.38. The minimum absolute atomic E-state index is 0.0940. The molecule has 1 atom stereocenters. The predicted octanol–water partition coefficient (Wildman–Crippen LogP) is 3.31. The van der Waals surface area contributed by atoms with Crippen LogP contribution in [0.15, 0.2) is 40.8 Å². The Labute approximate surface area is 160 Å². The highest BCUT2D eigenvalue weighted by atomic mass is 32.1. The number of hydrogen-bond donors (Lipinski definition) is 1. The minimum atomic E-state index is -1.01. The van der Waals surface area contributed by atoms with Crippen LogP contribution in [0.2, 0.25) is 0 Å². The van der Waals surface area contributed by atoms with Gasteiger partial charge < -0.3 is 14.6 Å². The maximum atomic E-state index is 12.6. The molecule has 0 radical (unpaired) electrons. The van der Waals surface area contributed by atoms with Gasteiger partial charge in [-0.15, -0.1) is 11.3 Å². The summed E-state index contributed by atoms with van der Waals surface area (Å²) in [5, 5.41) is 16.8. The summed E-state index contributed by atoms with van der Waals surface area (Å²) in [5.74, 6) is -0.0160. The van der Waals surface area contributed by atoms with Gasteiger partial charge in [0.05, 0.1) is 32.4 Å². The van der Waals surface area contributed by atoms with Crippen molar-refractivity contribution in [3.8, 4) is 11.5 Å². The lowest BCUT2D eigenvalue weighted by Crippen LogP contribution is -2.26. The van der Waals surface area contributed by atoms with Gasteiger partial charge in [-0.25, -0.2) is 5.01 Å². The maximum Gasteiger partial charge on any atom is 0.303 e. The van der Waals surface area contributed by atoms with Crippen molar-refractivity contribution < 1.29 is 24.2 Å². The van der Waals surface area contributed by atoms with Crippen LogP contribution in [-0.4, -0.2) is 41.9 Å². The third-order valence-corrected chi connectivity index (χ3v) is 5.28. The summed E-state index contributed by atoms with van der Waals surface area (Å²) in [6.07, 6.45) is 0.200. The van der Waals surface area contributed by atoms with Crippen LogP contribution in [0.3, 0.4) is 0 Å². The number of methoxy groups -OCH3 is 2. The van der Waals surface area contributed by atoms with E-state index < -0.39 is 5.97 Å². The van der Waals surface area contributed by atoms with Crippen molar-refractivity contribution >= 4 is 28.9 Å². The van der Waals surface area contributed by atoms with E-state index in [-0.39, 0.29) is 24.8 Å². The summed E-state index contributed by atoms with van der Waals surface area (Å²) in [4.78, 5) is 24.4. The number of carboxylic acids is 1. The van der Waals surface area contributed by atoms with E-state index >= 15 is 0 Å². The zero-order valence-electron chi connectivity index (χ0n) is 15.0. The lowest BCUT2D eigenvalue weighted by Gasteiger charge is -2.20. The molecule has 1 aliphatic heterocycles. The lowest BCUT2D eigenvalue weighted by atomic mass is 10.0. The molecule has 0 aliphatic carbocycles. The number of carboxylic acid groups (broad SMARTS) is 1. The molecule has 3 rings (SSSR count). The van der Waals surface area contributed by atoms with Crippen LogP contribution in [0.1, 0.15) is 35.7 Å². The Hall–Kier alpha value is -2.87. The molecule has 0 spiro atoms. The number of benzene rings is 1.